The lowest BCUT2D eigenvalue weighted by atomic mass is 10.2. The molecule has 28 heavy (non-hydrogen) atoms. The Labute approximate surface area is 174 Å². The summed E-state index contributed by atoms with van der Waals surface area (Å²) in [6.07, 6.45) is 1.83. The van der Waals surface area contributed by atoms with E-state index < -0.39 is 0 Å². The fourth-order valence-corrected chi connectivity index (χ4v) is 3.70. The molecule has 0 spiro atoms. The Morgan fingerprint density at radius 1 is 1.04 bits per heavy atom. The Morgan fingerprint density at radius 2 is 1.82 bits per heavy atom. The van der Waals surface area contributed by atoms with Crippen LogP contribution in [0.4, 0.5) is 0 Å². The van der Waals surface area contributed by atoms with Gasteiger partial charge in [-0.05, 0) is 12.1 Å². The molecule has 0 aliphatic rings. The highest BCUT2D eigenvalue weighted by molar-refractivity contribution is 9.10. The molecular formula is C20H16BrN5OS. The van der Waals surface area contributed by atoms with Crippen molar-refractivity contribution in [3.05, 3.63) is 77.6 Å². The van der Waals surface area contributed by atoms with Crippen molar-refractivity contribution in [2.24, 2.45) is 0 Å². The lowest BCUT2D eigenvalue weighted by Gasteiger charge is -2.07. The smallest absolute Gasteiger partial charge is 0.237 e. The average molecular weight is 454 g/mol. The molecular weight excluding hydrogens is 438 g/mol. The molecule has 140 valence electrons. The summed E-state index contributed by atoms with van der Waals surface area (Å²) in [5.74, 6) is 2.43. The largest absolute Gasteiger partial charge is 0.338 e. The highest BCUT2D eigenvalue weighted by atomic mass is 79.9. The minimum absolute atomic E-state index is 0.509. The molecule has 0 unspecified atom stereocenters. The van der Waals surface area contributed by atoms with E-state index in [0.29, 0.717) is 24.0 Å². The van der Waals surface area contributed by atoms with Gasteiger partial charge < -0.3 is 4.52 Å². The fraction of sp³-hybridized carbons (Fsp3) is 0.100. The number of hydrogen-bond acceptors (Lipinski definition) is 6. The van der Waals surface area contributed by atoms with E-state index in [2.05, 4.69) is 42.8 Å². The van der Waals surface area contributed by atoms with Crippen molar-refractivity contribution in [1.29, 1.82) is 0 Å². The second-order valence-corrected chi connectivity index (χ2v) is 7.74. The van der Waals surface area contributed by atoms with Gasteiger partial charge in [-0.15, -0.1) is 16.8 Å². The molecule has 0 fully saturated rings. The van der Waals surface area contributed by atoms with Gasteiger partial charge in [-0.1, -0.05) is 81.4 Å². The lowest BCUT2D eigenvalue weighted by molar-refractivity contribution is 0.391. The van der Waals surface area contributed by atoms with Crippen LogP contribution in [-0.4, -0.2) is 24.9 Å². The van der Waals surface area contributed by atoms with E-state index >= 15 is 0 Å². The van der Waals surface area contributed by atoms with Gasteiger partial charge in [-0.3, -0.25) is 4.57 Å². The van der Waals surface area contributed by atoms with Crippen LogP contribution in [0.15, 0.2) is 81.4 Å². The molecule has 0 atom stereocenters. The summed E-state index contributed by atoms with van der Waals surface area (Å²) in [5, 5.41) is 13.5. The molecule has 6 nitrogen and oxygen atoms in total. The van der Waals surface area contributed by atoms with Gasteiger partial charge in [0.05, 0.1) is 5.75 Å². The standard InChI is InChI=1S/C20H16BrN5OS/c1-2-12-26-19(15-8-10-16(21)11-9-15)23-24-20(26)28-13-17-22-18(25-27-17)14-6-4-3-5-7-14/h2-11H,1,12-13H2. The van der Waals surface area contributed by atoms with Crippen LogP contribution in [0.2, 0.25) is 0 Å². The lowest BCUT2D eigenvalue weighted by Crippen LogP contribution is -2.00. The zero-order valence-corrected chi connectivity index (χ0v) is 17.2. The number of allylic oxidation sites excluding steroid dienone is 1. The second kappa shape index (κ2) is 8.53. The Bertz CT molecular complexity index is 1080. The summed E-state index contributed by atoms with van der Waals surface area (Å²) < 4.78 is 8.42. The van der Waals surface area contributed by atoms with Crippen LogP contribution in [0.5, 0.6) is 0 Å². The maximum Gasteiger partial charge on any atom is 0.237 e. The Hall–Kier alpha value is -2.71. The van der Waals surface area contributed by atoms with Crippen molar-refractivity contribution in [3.8, 4) is 22.8 Å². The first-order chi connectivity index (χ1) is 13.7. The van der Waals surface area contributed by atoms with E-state index in [4.69, 9.17) is 4.52 Å². The molecule has 0 saturated heterocycles. The highest BCUT2D eigenvalue weighted by Gasteiger charge is 2.15. The van der Waals surface area contributed by atoms with Crippen molar-refractivity contribution in [3.63, 3.8) is 0 Å². The summed E-state index contributed by atoms with van der Waals surface area (Å²) in [6, 6.07) is 17.7. The summed E-state index contributed by atoms with van der Waals surface area (Å²) in [5.41, 5.74) is 1.92. The van der Waals surface area contributed by atoms with Crippen molar-refractivity contribution < 1.29 is 4.52 Å². The first kappa shape index (κ1) is 18.6. The third-order valence-electron chi connectivity index (χ3n) is 3.96. The minimum atomic E-state index is 0.509. The van der Waals surface area contributed by atoms with Gasteiger partial charge in [0.1, 0.15) is 0 Å². The average Bonchev–Trinajstić information content (AvgIpc) is 3.35. The molecule has 0 N–H and O–H groups in total. The van der Waals surface area contributed by atoms with Crippen LogP contribution in [-0.2, 0) is 12.3 Å². The topological polar surface area (TPSA) is 69.6 Å². The summed E-state index contributed by atoms with van der Waals surface area (Å²) in [4.78, 5) is 4.46. The van der Waals surface area contributed by atoms with Crippen LogP contribution in [0.25, 0.3) is 22.8 Å². The Morgan fingerprint density at radius 3 is 2.57 bits per heavy atom. The maximum absolute atomic E-state index is 5.38. The van der Waals surface area contributed by atoms with Gasteiger partial charge in [-0.25, -0.2) is 0 Å². The number of halogens is 1. The molecule has 4 rings (SSSR count). The van der Waals surface area contributed by atoms with Crippen molar-refractivity contribution in [2.75, 3.05) is 0 Å². The van der Waals surface area contributed by atoms with Crippen LogP contribution in [0, 0.1) is 0 Å². The van der Waals surface area contributed by atoms with E-state index in [1.165, 1.54) is 11.8 Å². The van der Waals surface area contributed by atoms with Crippen molar-refractivity contribution >= 4 is 27.7 Å². The molecule has 2 aromatic heterocycles. The fourth-order valence-electron chi connectivity index (χ4n) is 2.65. The van der Waals surface area contributed by atoms with Gasteiger partial charge in [0.15, 0.2) is 11.0 Å². The van der Waals surface area contributed by atoms with E-state index in [-0.39, 0.29) is 0 Å². The SMILES string of the molecule is C=CCn1c(SCc2nc(-c3ccccc3)no2)nnc1-c1ccc(Br)cc1. The second-order valence-electron chi connectivity index (χ2n) is 5.88. The molecule has 4 aromatic rings. The molecule has 0 saturated carbocycles. The van der Waals surface area contributed by atoms with Gasteiger partial charge in [0, 0.05) is 22.1 Å². The van der Waals surface area contributed by atoms with Gasteiger partial charge >= 0.3 is 0 Å². The minimum Gasteiger partial charge on any atom is -0.338 e. The van der Waals surface area contributed by atoms with Crippen LogP contribution in [0.3, 0.4) is 0 Å². The predicted octanol–water partition coefficient (Wildman–Crippen LogP) is 5.24. The number of thioether (sulfide) groups is 1. The third kappa shape index (κ3) is 4.07. The monoisotopic (exact) mass is 453 g/mol. The van der Waals surface area contributed by atoms with E-state index in [1.807, 2.05) is 65.2 Å². The van der Waals surface area contributed by atoms with Gasteiger partial charge in [-0.2, -0.15) is 4.98 Å². The van der Waals surface area contributed by atoms with Gasteiger partial charge in [0.2, 0.25) is 11.7 Å². The quantitative estimate of drug-likeness (QED) is 0.281. The zero-order chi connectivity index (χ0) is 19.3. The number of rotatable bonds is 7. The summed E-state index contributed by atoms with van der Waals surface area (Å²) in [6.45, 7) is 4.46. The van der Waals surface area contributed by atoms with Crippen LogP contribution < -0.4 is 0 Å². The molecule has 0 radical (unpaired) electrons. The molecule has 0 aliphatic carbocycles. The number of benzene rings is 2. The van der Waals surface area contributed by atoms with Crippen LogP contribution in [0.1, 0.15) is 5.89 Å². The molecule has 0 bridgehead atoms. The van der Waals surface area contributed by atoms with Crippen molar-refractivity contribution in [1.82, 2.24) is 24.9 Å². The zero-order valence-electron chi connectivity index (χ0n) is 14.8. The number of aromatic nitrogens is 5. The number of nitrogens with zero attached hydrogens (tertiary/aromatic N) is 5. The normalized spacial score (nSPS) is 10.9. The predicted molar refractivity (Wildman–Crippen MR) is 113 cm³/mol. The van der Waals surface area contributed by atoms with Gasteiger partial charge in [0.25, 0.3) is 0 Å². The summed E-state index contributed by atoms with van der Waals surface area (Å²) >= 11 is 4.96. The third-order valence-corrected chi connectivity index (χ3v) is 5.44. The number of hydrogen-bond donors (Lipinski definition) is 0. The molecule has 2 heterocycles. The van der Waals surface area contributed by atoms with Crippen LogP contribution >= 0.6 is 27.7 Å². The Kier molecular flexibility index (Phi) is 5.68. The van der Waals surface area contributed by atoms with E-state index in [0.717, 1.165) is 26.6 Å². The molecule has 0 aliphatic heterocycles. The van der Waals surface area contributed by atoms with Crippen molar-refractivity contribution in [2.45, 2.75) is 17.5 Å². The Balaban J connectivity index is 1.53. The first-order valence-electron chi connectivity index (χ1n) is 8.55. The first-order valence-corrected chi connectivity index (χ1v) is 10.3. The molecule has 8 heteroatoms. The van der Waals surface area contributed by atoms with E-state index in [9.17, 15) is 0 Å². The summed E-state index contributed by atoms with van der Waals surface area (Å²) in [7, 11) is 0. The maximum atomic E-state index is 5.38. The molecule has 2 aromatic carbocycles. The highest BCUT2D eigenvalue weighted by Crippen LogP contribution is 2.27. The molecule has 0 amide bonds. The van der Waals surface area contributed by atoms with E-state index in [1.54, 1.807) is 0 Å².